The molecule has 2 atom stereocenters. The summed E-state index contributed by atoms with van der Waals surface area (Å²) < 4.78 is 5.46. The molecule has 0 aromatic heterocycles. The van der Waals surface area contributed by atoms with E-state index in [4.69, 9.17) is 4.74 Å². The van der Waals surface area contributed by atoms with Gasteiger partial charge in [0.05, 0.1) is 25.4 Å². The molecule has 0 fully saturated rings. The van der Waals surface area contributed by atoms with Gasteiger partial charge in [-0.15, -0.1) is 0 Å². The van der Waals surface area contributed by atoms with E-state index in [0.717, 1.165) is 51.4 Å². The molecule has 0 aliphatic heterocycles. The zero-order valence-corrected chi connectivity index (χ0v) is 47.7. The Hall–Kier alpha value is -1.92. The zero-order chi connectivity index (χ0) is 51.4. The van der Waals surface area contributed by atoms with E-state index in [2.05, 4.69) is 55.6 Å². The highest BCUT2D eigenvalue weighted by atomic mass is 16.5. The first-order chi connectivity index (χ1) is 35.0. The van der Waals surface area contributed by atoms with Gasteiger partial charge in [0.25, 0.3) is 0 Å². The number of esters is 1. The largest absolute Gasteiger partial charge is 0.466 e. The fourth-order valence-electron chi connectivity index (χ4n) is 9.79. The molecule has 71 heavy (non-hydrogen) atoms. The molecular formula is C65H123NO5. The lowest BCUT2D eigenvalue weighted by Gasteiger charge is -2.22. The maximum Gasteiger partial charge on any atom is 0.305 e. The minimum Gasteiger partial charge on any atom is -0.466 e. The van der Waals surface area contributed by atoms with Crippen LogP contribution < -0.4 is 5.32 Å². The summed E-state index contributed by atoms with van der Waals surface area (Å²) in [5.74, 6) is -0.0499. The molecule has 0 heterocycles. The second kappa shape index (κ2) is 60.6. The van der Waals surface area contributed by atoms with Crippen LogP contribution in [0.2, 0.25) is 0 Å². The number of allylic oxidation sites excluding steroid dienone is 6. The van der Waals surface area contributed by atoms with Crippen LogP contribution >= 0.6 is 0 Å². The number of aliphatic hydroxyl groups is 2. The molecule has 0 aromatic rings. The number of rotatable bonds is 59. The van der Waals surface area contributed by atoms with E-state index in [-0.39, 0.29) is 18.5 Å². The van der Waals surface area contributed by atoms with Gasteiger partial charge in [0, 0.05) is 12.8 Å². The quantitative estimate of drug-likeness (QED) is 0.0321. The van der Waals surface area contributed by atoms with Crippen LogP contribution in [0.4, 0.5) is 0 Å². The van der Waals surface area contributed by atoms with Crippen LogP contribution in [-0.2, 0) is 14.3 Å². The molecule has 0 rings (SSSR count). The first-order valence-corrected chi connectivity index (χ1v) is 31.7. The van der Waals surface area contributed by atoms with E-state index in [9.17, 15) is 19.8 Å². The Morgan fingerprint density at radius 3 is 1.14 bits per heavy atom. The van der Waals surface area contributed by atoms with Crippen LogP contribution in [0.5, 0.6) is 0 Å². The van der Waals surface area contributed by atoms with E-state index in [0.29, 0.717) is 25.9 Å². The van der Waals surface area contributed by atoms with Crippen LogP contribution in [0.25, 0.3) is 0 Å². The van der Waals surface area contributed by atoms with E-state index in [1.165, 1.54) is 257 Å². The van der Waals surface area contributed by atoms with Gasteiger partial charge in [0.2, 0.25) is 5.91 Å². The van der Waals surface area contributed by atoms with Crippen molar-refractivity contribution < 1.29 is 24.5 Å². The standard InChI is InChI=1S/C65H123NO5/c1-3-5-7-9-11-13-15-17-18-19-20-21-24-27-30-34-37-41-45-49-53-57-63(68)62(61-67)66-64(69)58-54-50-46-42-38-35-31-28-25-22-23-26-29-32-36-40-44-48-52-56-60-71-65(70)59-55-51-47-43-39-33-16-14-12-10-8-6-4-2/h8,10,14,16,22,25,62-63,67-68H,3-7,9,11-13,15,17-21,23-24,26-61H2,1-2H3,(H,66,69)/b10-8-,16-14-,25-22-. The molecule has 2 unspecified atom stereocenters. The summed E-state index contributed by atoms with van der Waals surface area (Å²) in [6, 6.07) is -0.549. The van der Waals surface area contributed by atoms with Crippen molar-refractivity contribution in [2.24, 2.45) is 0 Å². The first-order valence-electron chi connectivity index (χ1n) is 31.7. The summed E-state index contributed by atoms with van der Waals surface area (Å²) in [7, 11) is 0. The van der Waals surface area contributed by atoms with Gasteiger partial charge in [0.1, 0.15) is 0 Å². The van der Waals surface area contributed by atoms with Gasteiger partial charge in [-0.1, -0.05) is 288 Å². The maximum atomic E-state index is 12.5. The smallest absolute Gasteiger partial charge is 0.305 e. The molecule has 0 aliphatic carbocycles. The molecule has 0 spiro atoms. The van der Waals surface area contributed by atoms with E-state index < -0.39 is 12.1 Å². The van der Waals surface area contributed by atoms with Crippen molar-refractivity contribution in [3.63, 3.8) is 0 Å². The molecule has 6 nitrogen and oxygen atoms in total. The number of carbonyl (C=O) groups is 2. The lowest BCUT2D eigenvalue weighted by atomic mass is 10.0. The van der Waals surface area contributed by atoms with Crippen molar-refractivity contribution in [3.05, 3.63) is 36.5 Å². The third-order valence-electron chi connectivity index (χ3n) is 14.6. The average molecular weight is 999 g/mol. The van der Waals surface area contributed by atoms with Crippen LogP contribution in [0.15, 0.2) is 36.5 Å². The summed E-state index contributed by atoms with van der Waals surface area (Å²) >= 11 is 0. The van der Waals surface area contributed by atoms with Crippen molar-refractivity contribution in [2.45, 2.75) is 353 Å². The molecule has 0 radical (unpaired) electrons. The Balaban J connectivity index is 3.44. The topological polar surface area (TPSA) is 95.9 Å². The highest BCUT2D eigenvalue weighted by Gasteiger charge is 2.20. The Labute approximate surface area is 443 Å². The predicted molar refractivity (Wildman–Crippen MR) is 310 cm³/mol. The molecule has 3 N–H and O–H groups in total. The molecule has 1 amide bonds. The van der Waals surface area contributed by atoms with Crippen molar-refractivity contribution in [2.75, 3.05) is 13.2 Å². The number of hydrogen-bond donors (Lipinski definition) is 3. The summed E-state index contributed by atoms with van der Waals surface area (Å²) in [6.07, 6.45) is 75.8. The summed E-state index contributed by atoms with van der Waals surface area (Å²) in [6.45, 7) is 4.89. The van der Waals surface area contributed by atoms with Crippen molar-refractivity contribution in [1.29, 1.82) is 0 Å². The minimum atomic E-state index is -0.671. The number of amides is 1. The lowest BCUT2D eigenvalue weighted by Crippen LogP contribution is -2.45. The molecule has 0 bridgehead atoms. The Bertz CT molecular complexity index is 1150. The fourth-order valence-corrected chi connectivity index (χ4v) is 9.79. The number of unbranched alkanes of at least 4 members (excludes halogenated alkanes) is 42. The molecular weight excluding hydrogens is 875 g/mol. The van der Waals surface area contributed by atoms with E-state index in [1.807, 2.05) is 0 Å². The third kappa shape index (κ3) is 57.2. The second-order valence-corrected chi connectivity index (χ2v) is 21.7. The summed E-state index contributed by atoms with van der Waals surface area (Å²) in [5.41, 5.74) is 0. The number of aliphatic hydroxyl groups excluding tert-OH is 2. The molecule has 0 aliphatic rings. The van der Waals surface area contributed by atoms with E-state index >= 15 is 0 Å². The molecule has 6 heteroatoms. The van der Waals surface area contributed by atoms with Gasteiger partial charge in [-0.05, 0) is 77.0 Å². The first kappa shape index (κ1) is 69.1. The average Bonchev–Trinajstić information content (AvgIpc) is 3.37. The van der Waals surface area contributed by atoms with Crippen molar-refractivity contribution in [1.82, 2.24) is 5.32 Å². The molecule has 0 saturated carbocycles. The van der Waals surface area contributed by atoms with Gasteiger partial charge in [-0.2, -0.15) is 0 Å². The van der Waals surface area contributed by atoms with Gasteiger partial charge >= 0.3 is 5.97 Å². The lowest BCUT2D eigenvalue weighted by molar-refractivity contribution is -0.143. The third-order valence-corrected chi connectivity index (χ3v) is 14.6. The monoisotopic (exact) mass is 998 g/mol. The van der Waals surface area contributed by atoms with E-state index in [1.54, 1.807) is 0 Å². The number of carbonyl (C=O) groups excluding carboxylic acids is 2. The molecule has 0 saturated heterocycles. The normalized spacial score (nSPS) is 12.8. The van der Waals surface area contributed by atoms with Crippen LogP contribution in [0.3, 0.4) is 0 Å². The van der Waals surface area contributed by atoms with Crippen LogP contribution in [-0.4, -0.2) is 47.4 Å². The highest BCUT2D eigenvalue weighted by Crippen LogP contribution is 2.18. The van der Waals surface area contributed by atoms with Gasteiger partial charge in [-0.3, -0.25) is 9.59 Å². The Kier molecular flexibility index (Phi) is 59.0. The highest BCUT2D eigenvalue weighted by molar-refractivity contribution is 5.76. The summed E-state index contributed by atoms with van der Waals surface area (Å²) in [4.78, 5) is 24.5. The molecule has 418 valence electrons. The summed E-state index contributed by atoms with van der Waals surface area (Å²) in [5, 5.41) is 23.4. The van der Waals surface area contributed by atoms with Crippen LogP contribution in [0.1, 0.15) is 341 Å². The number of nitrogens with one attached hydrogen (secondary N) is 1. The van der Waals surface area contributed by atoms with Gasteiger partial charge in [-0.25, -0.2) is 0 Å². The fraction of sp³-hybridized carbons (Fsp3) is 0.877. The Morgan fingerprint density at radius 2 is 0.732 bits per heavy atom. The minimum absolute atomic E-state index is 0.00883. The maximum absolute atomic E-state index is 12.5. The SMILES string of the molecule is CCC/C=C\C/C=C\CCCCCCCC(=O)OCCCCCCCCCCC/C=C\CCCCCCCCCC(=O)NC(CO)C(O)CCCCCCCCCCCCCCCCCCCCCCC. The van der Waals surface area contributed by atoms with Gasteiger partial charge < -0.3 is 20.3 Å². The number of hydrogen-bond acceptors (Lipinski definition) is 5. The van der Waals surface area contributed by atoms with Gasteiger partial charge in [0.15, 0.2) is 0 Å². The van der Waals surface area contributed by atoms with Crippen molar-refractivity contribution in [3.8, 4) is 0 Å². The second-order valence-electron chi connectivity index (χ2n) is 21.7. The van der Waals surface area contributed by atoms with Crippen LogP contribution in [0, 0.1) is 0 Å². The Morgan fingerprint density at radius 1 is 0.394 bits per heavy atom. The molecule has 0 aromatic carbocycles. The zero-order valence-electron chi connectivity index (χ0n) is 47.7. The predicted octanol–water partition coefficient (Wildman–Crippen LogP) is 20.0. The van der Waals surface area contributed by atoms with Crippen molar-refractivity contribution >= 4 is 11.9 Å². The number of ether oxygens (including phenoxy) is 1.